The molecule has 2 heterocycles. The van der Waals surface area contributed by atoms with Gasteiger partial charge in [-0.15, -0.1) is 0 Å². The van der Waals surface area contributed by atoms with Crippen molar-refractivity contribution in [2.75, 3.05) is 20.3 Å². The molecular formula is C16H15NO6. The summed E-state index contributed by atoms with van der Waals surface area (Å²) >= 11 is 0. The molecule has 120 valence electrons. The van der Waals surface area contributed by atoms with Crippen LogP contribution >= 0.6 is 0 Å². The maximum absolute atomic E-state index is 12.2. The molecule has 1 aliphatic rings. The first kappa shape index (κ1) is 15.0. The Labute approximate surface area is 132 Å². The number of carbonyl (C=O) groups excluding carboxylic acids is 1. The van der Waals surface area contributed by atoms with Gasteiger partial charge in [-0.1, -0.05) is 30.3 Å². The van der Waals surface area contributed by atoms with E-state index in [1.54, 1.807) is 0 Å². The Morgan fingerprint density at radius 3 is 2.30 bits per heavy atom. The minimum atomic E-state index is -1.20. The maximum atomic E-state index is 12.2. The van der Waals surface area contributed by atoms with Crippen LogP contribution in [-0.2, 0) is 11.3 Å². The zero-order valence-electron chi connectivity index (χ0n) is 12.4. The Morgan fingerprint density at radius 1 is 1.13 bits per heavy atom. The van der Waals surface area contributed by atoms with Crippen molar-refractivity contribution < 1.29 is 28.9 Å². The third-order valence-electron chi connectivity index (χ3n) is 3.52. The van der Waals surface area contributed by atoms with Crippen LogP contribution in [0.1, 0.15) is 26.5 Å². The third kappa shape index (κ3) is 2.61. The van der Waals surface area contributed by atoms with Crippen LogP contribution in [0.4, 0.5) is 0 Å². The fourth-order valence-electron chi connectivity index (χ4n) is 2.56. The second-order valence-electron chi connectivity index (χ2n) is 4.92. The van der Waals surface area contributed by atoms with E-state index in [4.69, 9.17) is 14.2 Å². The molecule has 0 spiro atoms. The van der Waals surface area contributed by atoms with Gasteiger partial charge in [0.05, 0.1) is 7.11 Å². The molecule has 0 radical (unpaired) electrons. The van der Waals surface area contributed by atoms with Gasteiger partial charge in [0.2, 0.25) is 0 Å². The Morgan fingerprint density at radius 2 is 1.74 bits per heavy atom. The smallest absolute Gasteiger partial charge is 0.358 e. The highest BCUT2D eigenvalue weighted by molar-refractivity contribution is 5.99. The van der Waals surface area contributed by atoms with E-state index in [0.29, 0.717) is 0 Å². The van der Waals surface area contributed by atoms with Gasteiger partial charge >= 0.3 is 11.9 Å². The highest BCUT2D eigenvalue weighted by atomic mass is 16.6. The van der Waals surface area contributed by atoms with Crippen LogP contribution in [0.2, 0.25) is 0 Å². The second kappa shape index (κ2) is 6.04. The molecule has 0 atom stereocenters. The highest BCUT2D eigenvalue weighted by Gasteiger charge is 2.35. The minimum absolute atomic E-state index is 0.0449. The Balaban J connectivity index is 2.20. The van der Waals surface area contributed by atoms with Gasteiger partial charge in [-0.25, -0.2) is 9.59 Å². The van der Waals surface area contributed by atoms with Crippen molar-refractivity contribution >= 4 is 11.9 Å². The number of rotatable bonds is 4. The van der Waals surface area contributed by atoms with Crippen LogP contribution in [-0.4, -0.2) is 41.9 Å². The molecule has 0 amide bonds. The molecule has 0 unspecified atom stereocenters. The van der Waals surface area contributed by atoms with Gasteiger partial charge in [-0.05, 0) is 5.56 Å². The summed E-state index contributed by atoms with van der Waals surface area (Å²) in [6.45, 7) is 0.654. The van der Waals surface area contributed by atoms with Crippen LogP contribution in [0.5, 0.6) is 11.5 Å². The Hall–Kier alpha value is -2.96. The van der Waals surface area contributed by atoms with E-state index in [-0.39, 0.29) is 42.6 Å². The van der Waals surface area contributed by atoms with E-state index in [2.05, 4.69) is 0 Å². The number of aromatic carboxylic acids is 1. The first-order chi connectivity index (χ1) is 11.1. The van der Waals surface area contributed by atoms with Gasteiger partial charge in [0.15, 0.2) is 22.9 Å². The molecule has 1 aromatic carbocycles. The first-order valence-corrected chi connectivity index (χ1v) is 7.01. The number of methoxy groups -OCH3 is 1. The summed E-state index contributed by atoms with van der Waals surface area (Å²) in [6, 6.07) is 9.21. The molecule has 0 saturated heterocycles. The van der Waals surface area contributed by atoms with Gasteiger partial charge in [-0.3, -0.25) is 0 Å². The molecule has 7 heteroatoms. The average molecular weight is 317 g/mol. The van der Waals surface area contributed by atoms with Gasteiger partial charge in [-0.2, -0.15) is 0 Å². The molecule has 3 rings (SSSR count). The topological polar surface area (TPSA) is 87.0 Å². The monoisotopic (exact) mass is 317 g/mol. The Kier molecular flexibility index (Phi) is 3.92. The summed E-state index contributed by atoms with van der Waals surface area (Å²) in [5, 5.41) is 9.56. The van der Waals surface area contributed by atoms with Crippen LogP contribution < -0.4 is 9.47 Å². The van der Waals surface area contributed by atoms with E-state index < -0.39 is 11.9 Å². The van der Waals surface area contributed by atoms with Crippen molar-refractivity contribution in [3.63, 3.8) is 0 Å². The molecule has 7 nitrogen and oxygen atoms in total. The largest absolute Gasteiger partial charge is 0.484 e. The lowest BCUT2D eigenvalue weighted by Crippen LogP contribution is -2.17. The fraction of sp³-hybridized carbons (Fsp3) is 0.250. The summed E-state index contributed by atoms with van der Waals surface area (Å²) in [7, 11) is 1.23. The van der Waals surface area contributed by atoms with Crippen LogP contribution in [0, 0.1) is 0 Å². The quantitative estimate of drug-likeness (QED) is 0.865. The van der Waals surface area contributed by atoms with Crippen LogP contribution in [0.15, 0.2) is 30.3 Å². The average Bonchev–Trinajstić information content (AvgIpc) is 2.89. The number of carboxylic acids is 1. The van der Waals surface area contributed by atoms with Gasteiger partial charge in [0, 0.05) is 6.54 Å². The normalized spacial score (nSPS) is 12.7. The summed E-state index contributed by atoms with van der Waals surface area (Å²) < 4.78 is 17.1. The lowest BCUT2D eigenvalue weighted by atomic mass is 10.2. The summed E-state index contributed by atoms with van der Waals surface area (Å²) in [5.74, 6) is -1.68. The SMILES string of the molecule is COC(=O)c1c2c(c(C(=O)O)n1Cc1ccccc1)OCCO2. The Bertz CT molecular complexity index is 750. The summed E-state index contributed by atoms with van der Waals surface area (Å²) in [6.07, 6.45) is 0. The van der Waals surface area contributed by atoms with Crippen molar-refractivity contribution in [3.05, 3.63) is 47.3 Å². The molecular weight excluding hydrogens is 302 g/mol. The number of carboxylic acid groups (broad SMARTS) is 1. The van der Waals surface area contributed by atoms with Crippen LogP contribution in [0.3, 0.4) is 0 Å². The molecule has 0 saturated carbocycles. The maximum Gasteiger partial charge on any atom is 0.358 e. The van der Waals surface area contributed by atoms with Crippen molar-refractivity contribution in [1.82, 2.24) is 4.57 Å². The van der Waals surface area contributed by atoms with E-state index in [9.17, 15) is 14.7 Å². The van der Waals surface area contributed by atoms with Crippen molar-refractivity contribution in [2.45, 2.75) is 6.54 Å². The lowest BCUT2D eigenvalue weighted by molar-refractivity contribution is 0.0580. The molecule has 2 aromatic rings. The molecule has 0 aliphatic carbocycles. The van der Waals surface area contributed by atoms with Crippen molar-refractivity contribution in [2.24, 2.45) is 0 Å². The number of hydrogen-bond donors (Lipinski definition) is 1. The predicted molar refractivity (Wildman–Crippen MR) is 79.3 cm³/mol. The number of benzene rings is 1. The van der Waals surface area contributed by atoms with Gasteiger partial charge in [0.1, 0.15) is 13.2 Å². The lowest BCUT2D eigenvalue weighted by Gasteiger charge is -2.15. The number of nitrogens with zero attached hydrogens (tertiary/aromatic N) is 1. The van der Waals surface area contributed by atoms with E-state index in [1.807, 2.05) is 30.3 Å². The predicted octanol–water partition coefficient (Wildman–Crippen LogP) is 1.79. The summed E-state index contributed by atoms with van der Waals surface area (Å²) in [4.78, 5) is 23.9. The van der Waals surface area contributed by atoms with E-state index in [0.717, 1.165) is 5.56 Å². The van der Waals surface area contributed by atoms with Gasteiger partial charge in [0.25, 0.3) is 0 Å². The third-order valence-corrected chi connectivity index (χ3v) is 3.52. The minimum Gasteiger partial charge on any atom is -0.484 e. The molecule has 23 heavy (non-hydrogen) atoms. The van der Waals surface area contributed by atoms with Crippen molar-refractivity contribution in [3.8, 4) is 11.5 Å². The zero-order valence-corrected chi connectivity index (χ0v) is 12.4. The number of aromatic nitrogens is 1. The van der Waals surface area contributed by atoms with Crippen LogP contribution in [0.25, 0.3) is 0 Å². The number of fused-ring (bicyclic) bond motifs is 1. The second-order valence-corrected chi connectivity index (χ2v) is 4.92. The van der Waals surface area contributed by atoms with Gasteiger partial charge < -0.3 is 23.9 Å². The number of esters is 1. The first-order valence-electron chi connectivity index (χ1n) is 7.01. The van der Waals surface area contributed by atoms with Crippen molar-refractivity contribution in [1.29, 1.82) is 0 Å². The fourth-order valence-corrected chi connectivity index (χ4v) is 2.56. The highest BCUT2D eigenvalue weighted by Crippen LogP contribution is 2.41. The number of hydrogen-bond acceptors (Lipinski definition) is 5. The number of carbonyl (C=O) groups is 2. The molecule has 1 aliphatic heterocycles. The molecule has 0 bridgehead atoms. The zero-order chi connectivity index (χ0) is 16.4. The standard InChI is InChI=1S/C16H15NO6/c1-21-16(20)12-14-13(22-7-8-23-14)11(15(18)19)17(12)9-10-5-3-2-4-6-10/h2-6H,7-9H2,1H3,(H,18,19). The summed E-state index contributed by atoms with van der Waals surface area (Å²) in [5.41, 5.74) is 0.764. The number of ether oxygens (including phenoxy) is 3. The molecule has 1 N–H and O–H groups in total. The van der Waals surface area contributed by atoms with E-state index in [1.165, 1.54) is 11.7 Å². The molecule has 0 fully saturated rings. The molecule has 1 aromatic heterocycles. The van der Waals surface area contributed by atoms with E-state index >= 15 is 0 Å².